The molecule has 3 rings (SSSR count). The third-order valence-corrected chi connectivity index (χ3v) is 3.91. The van der Waals surface area contributed by atoms with Gasteiger partial charge in [-0.15, -0.1) is 0 Å². The van der Waals surface area contributed by atoms with Crippen molar-refractivity contribution in [2.24, 2.45) is 5.41 Å². The van der Waals surface area contributed by atoms with E-state index in [1.807, 2.05) is 0 Å². The fourth-order valence-electron chi connectivity index (χ4n) is 2.71. The van der Waals surface area contributed by atoms with Gasteiger partial charge in [-0.1, -0.05) is 22.6 Å². The molecule has 0 spiro atoms. The third-order valence-electron chi connectivity index (χ3n) is 2.76. The van der Waals surface area contributed by atoms with Crippen LogP contribution in [-0.2, 0) is 0 Å². The zero-order valence-corrected chi connectivity index (χ0v) is 8.62. The summed E-state index contributed by atoms with van der Waals surface area (Å²) in [5, 5.41) is 0. The molecule has 2 bridgehead atoms. The fraction of sp³-hybridized carbons (Fsp3) is 1.00. The average Bonchev–Trinajstić information content (AvgIpc) is 1.53. The van der Waals surface area contributed by atoms with Crippen molar-refractivity contribution >= 4 is 22.6 Å². The van der Waals surface area contributed by atoms with E-state index in [-0.39, 0.29) is 11.8 Å². The standard InChI is InChI=1S/C8H11F2I/c1-6(9,10)2-7-3-8(11,4-7)5-7/h2-5H2,1H3. The summed E-state index contributed by atoms with van der Waals surface area (Å²) in [4.78, 5) is 0. The number of rotatable bonds is 2. The third kappa shape index (κ3) is 1.29. The van der Waals surface area contributed by atoms with Crippen molar-refractivity contribution in [3.05, 3.63) is 0 Å². The molecule has 0 aromatic heterocycles. The fourth-order valence-corrected chi connectivity index (χ4v) is 5.13. The molecule has 0 heterocycles. The minimum absolute atomic E-state index is 0.0550. The predicted octanol–water partition coefficient (Wildman–Crippen LogP) is 3.39. The van der Waals surface area contributed by atoms with Crippen LogP contribution >= 0.6 is 22.6 Å². The lowest BCUT2D eigenvalue weighted by Gasteiger charge is -2.68. The van der Waals surface area contributed by atoms with E-state index in [2.05, 4.69) is 22.6 Å². The highest BCUT2D eigenvalue weighted by molar-refractivity contribution is 14.1. The highest BCUT2D eigenvalue weighted by atomic mass is 127. The lowest BCUT2D eigenvalue weighted by atomic mass is 9.43. The molecule has 0 unspecified atom stereocenters. The Morgan fingerprint density at radius 1 is 1.36 bits per heavy atom. The summed E-state index contributed by atoms with van der Waals surface area (Å²) in [6.45, 7) is 1.03. The van der Waals surface area contributed by atoms with Crippen LogP contribution in [0.15, 0.2) is 0 Å². The maximum Gasteiger partial charge on any atom is 0.245 e. The first-order valence-electron chi connectivity index (χ1n) is 3.90. The summed E-state index contributed by atoms with van der Waals surface area (Å²) in [7, 11) is 0. The van der Waals surface area contributed by atoms with Gasteiger partial charge in [-0.3, -0.25) is 0 Å². The van der Waals surface area contributed by atoms with Gasteiger partial charge in [0.2, 0.25) is 5.92 Å². The van der Waals surface area contributed by atoms with Crippen LogP contribution in [0.1, 0.15) is 32.6 Å². The zero-order chi connectivity index (χ0) is 8.33. The van der Waals surface area contributed by atoms with Gasteiger partial charge in [-0.05, 0) is 31.6 Å². The average molecular weight is 272 g/mol. The minimum atomic E-state index is -2.45. The molecule has 64 valence electrons. The molecule has 11 heavy (non-hydrogen) atoms. The van der Waals surface area contributed by atoms with E-state index in [0.717, 1.165) is 26.2 Å². The summed E-state index contributed by atoms with van der Waals surface area (Å²) in [5.41, 5.74) is 0.0550. The molecule has 0 nitrogen and oxygen atoms in total. The second-order valence-corrected chi connectivity index (χ2v) is 6.72. The zero-order valence-electron chi connectivity index (χ0n) is 6.46. The smallest absolute Gasteiger partial charge is 0.207 e. The minimum Gasteiger partial charge on any atom is -0.207 e. The van der Waals surface area contributed by atoms with Crippen LogP contribution in [0.25, 0.3) is 0 Å². The highest BCUT2D eigenvalue weighted by Crippen LogP contribution is 2.74. The van der Waals surface area contributed by atoms with Crippen LogP contribution in [0.4, 0.5) is 8.78 Å². The van der Waals surface area contributed by atoms with Crippen molar-refractivity contribution in [2.45, 2.75) is 42.0 Å². The molecular weight excluding hydrogens is 261 g/mol. The molecule has 0 aliphatic heterocycles. The van der Waals surface area contributed by atoms with Crippen molar-refractivity contribution < 1.29 is 8.78 Å². The first-order valence-corrected chi connectivity index (χ1v) is 4.97. The van der Waals surface area contributed by atoms with Gasteiger partial charge >= 0.3 is 0 Å². The van der Waals surface area contributed by atoms with Crippen LogP contribution in [0.3, 0.4) is 0 Å². The van der Waals surface area contributed by atoms with Crippen LogP contribution in [0, 0.1) is 5.41 Å². The summed E-state index contributed by atoms with van der Waals surface area (Å²) >= 11 is 2.41. The van der Waals surface area contributed by atoms with Crippen molar-refractivity contribution in [3.63, 3.8) is 0 Å². The van der Waals surface area contributed by atoms with Gasteiger partial charge in [0.05, 0.1) is 0 Å². The Hall–Kier alpha value is 0.590. The molecule has 3 fully saturated rings. The molecule has 0 aromatic carbocycles. The van der Waals surface area contributed by atoms with Gasteiger partial charge in [0.1, 0.15) is 0 Å². The normalized spacial score (nSPS) is 48.0. The van der Waals surface area contributed by atoms with E-state index in [1.165, 1.54) is 0 Å². The van der Waals surface area contributed by atoms with E-state index in [9.17, 15) is 8.78 Å². The van der Waals surface area contributed by atoms with Crippen LogP contribution in [0.2, 0.25) is 0 Å². The Morgan fingerprint density at radius 2 is 1.82 bits per heavy atom. The first kappa shape index (κ1) is 8.20. The second-order valence-electron chi connectivity index (χ2n) is 4.43. The summed E-state index contributed by atoms with van der Waals surface area (Å²) in [6.07, 6.45) is 3.21. The van der Waals surface area contributed by atoms with Gasteiger partial charge in [0.15, 0.2) is 0 Å². The molecule has 0 N–H and O–H groups in total. The maximum atomic E-state index is 12.6. The predicted molar refractivity (Wildman–Crippen MR) is 48.3 cm³/mol. The summed E-state index contributed by atoms with van der Waals surface area (Å²) in [5.74, 6) is -2.45. The molecule has 3 aliphatic rings. The Balaban J connectivity index is 1.91. The van der Waals surface area contributed by atoms with Gasteiger partial charge in [-0.2, -0.15) is 0 Å². The lowest BCUT2D eigenvalue weighted by Crippen LogP contribution is -2.64. The van der Waals surface area contributed by atoms with Crippen molar-refractivity contribution in [3.8, 4) is 0 Å². The first-order chi connectivity index (χ1) is 4.83. The molecule has 0 aromatic rings. The van der Waals surface area contributed by atoms with Crippen molar-refractivity contribution in [1.82, 2.24) is 0 Å². The van der Waals surface area contributed by atoms with Crippen LogP contribution in [-0.4, -0.2) is 9.34 Å². The molecular formula is C8H11F2I. The number of halogens is 3. The number of hydrogen-bond donors (Lipinski definition) is 0. The number of hydrogen-bond acceptors (Lipinski definition) is 0. The Kier molecular flexibility index (Phi) is 1.42. The second kappa shape index (κ2) is 1.91. The molecule has 0 saturated heterocycles. The molecule has 3 heteroatoms. The highest BCUT2D eigenvalue weighted by Gasteiger charge is 2.67. The topological polar surface area (TPSA) is 0 Å². The maximum absolute atomic E-state index is 12.6. The summed E-state index contributed by atoms with van der Waals surface area (Å²) < 4.78 is 25.6. The van der Waals surface area contributed by atoms with E-state index in [1.54, 1.807) is 0 Å². The Labute approximate surface area is 78.9 Å². The molecule has 0 amide bonds. The van der Waals surface area contributed by atoms with Crippen LogP contribution < -0.4 is 0 Å². The molecule has 0 atom stereocenters. The van der Waals surface area contributed by atoms with E-state index in [0.29, 0.717) is 3.42 Å². The molecule has 3 aliphatic carbocycles. The quantitative estimate of drug-likeness (QED) is 0.534. The van der Waals surface area contributed by atoms with E-state index in [4.69, 9.17) is 0 Å². The summed E-state index contributed by atoms with van der Waals surface area (Å²) in [6, 6.07) is 0. The van der Waals surface area contributed by atoms with Crippen LogP contribution in [0.5, 0.6) is 0 Å². The van der Waals surface area contributed by atoms with E-state index < -0.39 is 5.92 Å². The van der Waals surface area contributed by atoms with Gasteiger partial charge in [-0.25, -0.2) is 8.78 Å². The Morgan fingerprint density at radius 3 is 2.09 bits per heavy atom. The number of alkyl halides is 3. The van der Waals surface area contributed by atoms with Crippen molar-refractivity contribution in [1.29, 1.82) is 0 Å². The molecule has 3 saturated carbocycles. The Bertz CT molecular complexity index is 175. The monoisotopic (exact) mass is 272 g/mol. The SMILES string of the molecule is CC(F)(F)CC12CC(I)(C1)C2. The van der Waals surface area contributed by atoms with Gasteiger partial charge < -0.3 is 0 Å². The molecule has 0 radical (unpaired) electrons. The largest absolute Gasteiger partial charge is 0.245 e. The lowest BCUT2D eigenvalue weighted by molar-refractivity contribution is -0.137. The van der Waals surface area contributed by atoms with Gasteiger partial charge in [0.25, 0.3) is 0 Å². The van der Waals surface area contributed by atoms with E-state index >= 15 is 0 Å². The van der Waals surface area contributed by atoms with Gasteiger partial charge in [0, 0.05) is 9.84 Å². The van der Waals surface area contributed by atoms with Crippen molar-refractivity contribution in [2.75, 3.05) is 0 Å².